The molecule has 9 heteroatoms. The van der Waals surface area contributed by atoms with Gasteiger partial charge in [0.25, 0.3) is 0 Å². The van der Waals surface area contributed by atoms with Gasteiger partial charge in [-0.05, 0) is 43.9 Å². The summed E-state index contributed by atoms with van der Waals surface area (Å²) in [5, 5.41) is 29.7. The molecule has 2 fully saturated rings. The van der Waals surface area contributed by atoms with Gasteiger partial charge in [0.15, 0.2) is 0 Å². The maximum atomic E-state index is 10.5. The molecule has 1 unspecified atom stereocenters. The molecule has 3 N–H and O–H groups in total. The van der Waals surface area contributed by atoms with Crippen molar-refractivity contribution >= 4 is 5.95 Å². The number of rotatable bonds is 5. The van der Waals surface area contributed by atoms with Gasteiger partial charge in [-0.15, -0.1) is 10.2 Å². The van der Waals surface area contributed by atoms with E-state index in [-0.39, 0.29) is 11.3 Å². The Morgan fingerprint density at radius 2 is 2.06 bits per heavy atom. The summed E-state index contributed by atoms with van der Waals surface area (Å²) in [6.45, 7) is 5.70. The van der Waals surface area contributed by atoms with Gasteiger partial charge in [0.05, 0.1) is 12.4 Å². The number of aromatic nitrogens is 5. The summed E-state index contributed by atoms with van der Waals surface area (Å²) in [7, 11) is 0. The van der Waals surface area contributed by atoms with E-state index in [0.29, 0.717) is 23.2 Å². The van der Waals surface area contributed by atoms with Crippen LogP contribution in [0.4, 0.5) is 5.95 Å². The van der Waals surface area contributed by atoms with E-state index in [1.165, 1.54) is 0 Å². The van der Waals surface area contributed by atoms with Crippen LogP contribution >= 0.6 is 0 Å². The number of nitrogens with one attached hydrogen (secondary N) is 2. The first-order valence-electron chi connectivity index (χ1n) is 10.7. The average Bonchev–Trinajstić information content (AvgIpc) is 3.47. The quantitative estimate of drug-likeness (QED) is 0.576. The van der Waals surface area contributed by atoms with Crippen molar-refractivity contribution in [2.75, 3.05) is 31.2 Å². The summed E-state index contributed by atoms with van der Waals surface area (Å²) >= 11 is 0. The highest BCUT2D eigenvalue weighted by atomic mass is 16.5. The smallest absolute Gasteiger partial charge is 0.245 e. The molecule has 2 saturated heterocycles. The second kappa shape index (κ2) is 8.24. The van der Waals surface area contributed by atoms with Gasteiger partial charge >= 0.3 is 0 Å². The summed E-state index contributed by atoms with van der Waals surface area (Å²) in [5.74, 6) is 0.761. The molecule has 2 aliphatic rings. The first-order chi connectivity index (χ1) is 15.1. The average molecular weight is 422 g/mol. The predicted octanol–water partition coefficient (Wildman–Crippen LogP) is 2.37. The molecule has 0 radical (unpaired) electrons. The molecular formula is C22H27N7O2. The molecule has 1 aromatic carbocycles. The maximum absolute atomic E-state index is 10.5. The molecule has 9 nitrogen and oxygen atoms in total. The summed E-state index contributed by atoms with van der Waals surface area (Å²) in [6, 6.07) is 5.85. The molecule has 0 bridgehead atoms. The van der Waals surface area contributed by atoms with Crippen LogP contribution in [0.5, 0.6) is 5.75 Å². The van der Waals surface area contributed by atoms with Crippen LogP contribution in [0.15, 0.2) is 36.8 Å². The molecule has 0 spiro atoms. The number of phenolic OH excluding ortho intramolecular Hbond substituents is 1. The number of aromatic amines is 1. The number of aromatic hydroxyl groups is 1. The van der Waals surface area contributed by atoms with Crippen molar-refractivity contribution in [1.82, 2.24) is 30.7 Å². The fraction of sp³-hybridized carbons (Fsp3) is 0.455. The number of hydrogen-bond acceptors (Lipinski definition) is 8. The summed E-state index contributed by atoms with van der Waals surface area (Å²) in [5.41, 5.74) is 3.08. The number of anilines is 1. The Morgan fingerprint density at radius 1 is 1.19 bits per heavy atom. The fourth-order valence-corrected chi connectivity index (χ4v) is 4.39. The highest BCUT2D eigenvalue weighted by molar-refractivity contribution is 5.73. The summed E-state index contributed by atoms with van der Waals surface area (Å²) in [4.78, 5) is 6.69. The van der Waals surface area contributed by atoms with Crippen LogP contribution in [0.1, 0.15) is 26.2 Å². The van der Waals surface area contributed by atoms with Crippen LogP contribution in [0.25, 0.3) is 22.4 Å². The third-order valence-corrected chi connectivity index (χ3v) is 6.27. The van der Waals surface area contributed by atoms with Gasteiger partial charge in [-0.2, -0.15) is 5.10 Å². The number of ether oxygens (including phenoxy) is 1. The monoisotopic (exact) mass is 421 g/mol. The Labute approximate surface area is 180 Å². The SMILES string of the molecule is CC1(NC2CCN(c3ncc(-c4ccc(-c5cn[nH]c5)cc4O)nn3)C2)CCOCC1. The highest BCUT2D eigenvalue weighted by Gasteiger charge is 2.33. The molecule has 0 aliphatic carbocycles. The van der Waals surface area contributed by atoms with E-state index in [9.17, 15) is 5.11 Å². The minimum Gasteiger partial charge on any atom is -0.507 e. The van der Waals surface area contributed by atoms with E-state index in [2.05, 4.69) is 42.5 Å². The zero-order valence-corrected chi connectivity index (χ0v) is 17.6. The normalized spacial score (nSPS) is 20.8. The third kappa shape index (κ3) is 4.24. The van der Waals surface area contributed by atoms with Gasteiger partial charge in [0.2, 0.25) is 5.95 Å². The summed E-state index contributed by atoms with van der Waals surface area (Å²) in [6.07, 6.45) is 8.31. The number of hydrogen-bond donors (Lipinski definition) is 3. The number of nitrogens with zero attached hydrogens (tertiary/aromatic N) is 5. The Morgan fingerprint density at radius 3 is 2.77 bits per heavy atom. The Kier molecular flexibility index (Phi) is 5.29. The van der Waals surface area contributed by atoms with Crippen molar-refractivity contribution in [2.45, 2.75) is 37.8 Å². The lowest BCUT2D eigenvalue weighted by Gasteiger charge is -2.37. The molecule has 3 aromatic rings. The second-order valence-electron chi connectivity index (χ2n) is 8.61. The first-order valence-corrected chi connectivity index (χ1v) is 10.7. The Bertz CT molecular complexity index is 1020. The number of H-pyrrole nitrogens is 1. The van der Waals surface area contributed by atoms with Crippen molar-refractivity contribution in [3.8, 4) is 28.1 Å². The molecule has 5 rings (SSSR count). The molecule has 0 amide bonds. The van der Waals surface area contributed by atoms with Crippen LogP contribution < -0.4 is 10.2 Å². The van der Waals surface area contributed by atoms with E-state index < -0.39 is 0 Å². The topological polar surface area (TPSA) is 112 Å². The van der Waals surface area contributed by atoms with E-state index in [0.717, 1.165) is 56.7 Å². The fourth-order valence-electron chi connectivity index (χ4n) is 4.39. The molecule has 4 heterocycles. The molecule has 162 valence electrons. The lowest BCUT2D eigenvalue weighted by molar-refractivity contribution is 0.0415. The molecular weight excluding hydrogens is 394 g/mol. The van der Waals surface area contributed by atoms with Gasteiger partial charge in [0, 0.05) is 55.2 Å². The third-order valence-electron chi connectivity index (χ3n) is 6.27. The second-order valence-corrected chi connectivity index (χ2v) is 8.61. The molecule has 0 saturated carbocycles. The molecule has 2 aromatic heterocycles. The van der Waals surface area contributed by atoms with Crippen LogP contribution in [0, 0.1) is 0 Å². The van der Waals surface area contributed by atoms with Gasteiger partial charge in [0.1, 0.15) is 11.4 Å². The van der Waals surface area contributed by atoms with Crippen molar-refractivity contribution < 1.29 is 9.84 Å². The lowest BCUT2D eigenvalue weighted by atomic mass is 9.91. The lowest BCUT2D eigenvalue weighted by Crippen LogP contribution is -2.52. The van der Waals surface area contributed by atoms with E-state index in [1.807, 2.05) is 12.1 Å². The van der Waals surface area contributed by atoms with E-state index in [4.69, 9.17) is 4.74 Å². The van der Waals surface area contributed by atoms with E-state index in [1.54, 1.807) is 24.7 Å². The van der Waals surface area contributed by atoms with Crippen molar-refractivity contribution in [3.63, 3.8) is 0 Å². The summed E-state index contributed by atoms with van der Waals surface area (Å²) < 4.78 is 5.50. The van der Waals surface area contributed by atoms with Crippen LogP contribution in [0.3, 0.4) is 0 Å². The van der Waals surface area contributed by atoms with Crippen LogP contribution in [-0.4, -0.2) is 68.4 Å². The molecule has 1 atom stereocenters. The Hall–Kier alpha value is -3.04. The minimum atomic E-state index is 0.137. The Balaban J connectivity index is 1.25. The van der Waals surface area contributed by atoms with Gasteiger partial charge < -0.3 is 20.1 Å². The zero-order valence-electron chi connectivity index (χ0n) is 17.6. The van der Waals surface area contributed by atoms with Crippen molar-refractivity contribution in [1.29, 1.82) is 0 Å². The van der Waals surface area contributed by atoms with E-state index >= 15 is 0 Å². The van der Waals surface area contributed by atoms with Gasteiger partial charge in [-0.25, -0.2) is 4.98 Å². The van der Waals surface area contributed by atoms with Gasteiger partial charge in [-0.3, -0.25) is 5.10 Å². The van der Waals surface area contributed by atoms with Crippen LogP contribution in [-0.2, 0) is 4.74 Å². The predicted molar refractivity (Wildman–Crippen MR) is 117 cm³/mol. The van der Waals surface area contributed by atoms with Crippen molar-refractivity contribution in [2.24, 2.45) is 0 Å². The first kappa shape index (κ1) is 19.9. The highest BCUT2D eigenvalue weighted by Crippen LogP contribution is 2.32. The minimum absolute atomic E-state index is 0.137. The molecule has 31 heavy (non-hydrogen) atoms. The van der Waals surface area contributed by atoms with Crippen LogP contribution in [0.2, 0.25) is 0 Å². The van der Waals surface area contributed by atoms with Crippen molar-refractivity contribution in [3.05, 3.63) is 36.8 Å². The molecule has 2 aliphatic heterocycles. The largest absolute Gasteiger partial charge is 0.507 e. The number of phenols is 1. The number of benzene rings is 1. The maximum Gasteiger partial charge on any atom is 0.245 e. The zero-order chi connectivity index (χ0) is 21.3. The standard InChI is InChI=1S/C22H27N7O2/c1-22(5-8-31-9-6-22)26-17-4-7-29(14-17)21-23-13-19(27-28-21)18-3-2-15(10-20(18)30)16-11-24-25-12-16/h2-3,10-13,17,26,30H,4-9,14H2,1H3,(H,24,25). The van der Waals surface area contributed by atoms with Gasteiger partial charge in [-0.1, -0.05) is 6.07 Å².